The Balaban J connectivity index is 2.55. The van der Waals surface area contributed by atoms with Crippen LogP contribution >= 0.6 is 0 Å². The lowest BCUT2D eigenvalue weighted by atomic mass is 10.1. The molecule has 110 valence electrons. The lowest BCUT2D eigenvalue weighted by molar-refractivity contribution is 0.296. The van der Waals surface area contributed by atoms with Gasteiger partial charge in [0.05, 0.1) is 12.2 Å². The first-order valence-corrected chi connectivity index (χ1v) is 7.29. The van der Waals surface area contributed by atoms with E-state index in [2.05, 4.69) is 60.9 Å². The molecule has 0 spiro atoms. The third-order valence-corrected chi connectivity index (χ3v) is 2.95. The Bertz CT molecular complexity index is 423. The Hall–Kier alpha value is -1.37. The van der Waals surface area contributed by atoms with Gasteiger partial charge in [-0.15, -0.1) is 6.42 Å². The van der Waals surface area contributed by atoms with E-state index in [4.69, 9.17) is 6.42 Å². The van der Waals surface area contributed by atoms with Crippen LogP contribution in [-0.4, -0.2) is 28.5 Å². The zero-order valence-electron chi connectivity index (χ0n) is 13.2. The van der Waals surface area contributed by atoms with Gasteiger partial charge >= 0.3 is 0 Å². The largest absolute Gasteiger partial charge is 0.308 e. The number of hydrogen-bond acceptors (Lipinski definition) is 3. The molecule has 20 heavy (non-hydrogen) atoms. The molecule has 0 aliphatic carbocycles. The van der Waals surface area contributed by atoms with Crippen molar-refractivity contribution < 1.29 is 0 Å². The Kier molecular flexibility index (Phi) is 6.70. The normalized spacial score (nSPS) is 11.6. The van der Waals surface area contributed by atoms with Crippen LogP contribution in [0.5, 0.6) is 0 Å². The molecule has 0 fully saturated rings. The molecular weight excluding hydrogens is 246 g/mol. The molecule has 1 heterocycles. The third-order valence-electron chi connectivity index (χ3n) is 2.95. The maximum Gasteiger partial charge on any atom is 0.0602 e. The predicted molar refractivity (Wildman–Crippen MR) is 85.2 cm³/mol. The molecule has 0 saturated carbocycles. The van der Waals surface area contributed by atoms with Gasteiger partial charge in [-0.1, -0.05) is 18.9 Å². The van der Waals surface area contributed by atoms with E-state index in [1.165, 1.54) is 5.56 Å². The molecule has 1 aromatic heterocycles. The fourth-order valence-corrected chi connectivity index (χ4v) is 1.91. The minimum atomic E-state index is 0.128. The summed E-state index contributed by atoms with van der Waals surface area (Å²) >= 11 is 0. The average molecular weight is 273 g/mol. The number of pyridine rings is 1. The van der Waals surface area contributed by atoms with E-state index < -0.39 is 0 Å². The van der Waals surface area contributed by atoms with E-state index in [0.29, 0.717) is 6.54 Å². The van der Waals surface area contributed by atoms with Crippen LogP contribution in [0.4, 0.5) is 0 Å². The van der Waals surface area contributed by atoms with E-state index in [1.807, 2.05) is 6.20 Å². The molecule has 1 aromatic rings. The molecule has 0 aliphatic heterocycles. The average Bonchev–Trinajstić information content (AvgIpc) is 2.38. The molecule has 0 atom stereocenters. The van der Waals surface area contributed by atoms with Gasteiger partial charge in [0.15, 0.2) is 0 Å². The van der Waals surface area contributed by atoms with Crippen molar-refractivity contribution in [3.63, 3.8) is 0 Å². The monoisotopic (exact) mass is 273 g/mol. The van der Waals surface area contributed by atoms with Crippen molar-refractivity contribution in [2.24, 2.45) is 0 Å². The van der Waals surface area contributed by atoms with Crippen molar-refractivity contribution in [3.8, 4) is 12.3 Å². The SMILES string of the molecule is C#CCN(CCC)Cc1ccc(CNC(C)(C)C)cn1. The summed E-state index contributed by atoms with van der Waals surface area (Å²) < 4.78 is 0. The summed E-state index contributed by atoms with van der Waals surface area (Å²) in [6.45, 7) is 12.0. The summed E-state index contributed by atoms with van der Waals surface area (Å²) in [5.41, 5.74) is 2.42. The molecule has 0 saturated heterocycles. The molecule has 1 N–H and O–H groups in total. The van der Waals surface area contributed by atoms with Gasteiger partial charge < -0.3 is 5.32 Å². The predicted octanol–water partition coefficient (Wildman–Crippen LogP) is 2.81. The minimum Gasteiger partial charge on any atom is -0.308 e. The lowest BCUT2D eigenvalue weighted by Crippen LogP contribution is -2.35. The van der Waals surface area contributed by atoms with Gasteiger partial charge in [-0.05, 0) is 45.4 Å². The maximum atomic E-state index is 5.40. The summed E-state index contributed by atoms with van der Waals surface area (Å²) in [4.78, 5) is 6.78. The van der Waals surface area contributed by atoms with Gasteiger partial charge in [0.2, 0.25) is 0 Å². The summed E-state index contributed by atoms with van der Waals surface area (Å²) in [5, 5.41) is 3.46. The number of terminal acetylenes is 1. The van der Waals surface area contributed by atoms with E-state index in [0.717, 1.165) is 31.7 Å². The molecule has 1 rings (SSSR count). The first kappa shape index (κ1) is 16.7. The molecule has 0 radical (unpaired) electrons. The second-order valence-electron chi connectivity index (χ2n) is 6.18. The Morgan fingerprint density at radius 3 is 2.60 bits per heavy atom. The quantitative estimate of drug-likeness (QED) is 0.774. The standard InChI is InChI=1S/C17H27N3/c1-6-10-20(11-7-2)14-16-9-8-15(12-18-16)13-19-17(3,4)5/h1,8-9,12,19H,7,10-11,13-14H2,2-5H3. The summed E-state index contributed by atoms with van der Waals surface area (Å²) in [6.07, 6.45) is 8.46. The molecule has 0 bridgehead atoms. The highest BCUT2D eigenvalue weighted by Gasteiger charge is 2.09. The second kappa shape index (κ2) is 8.04. The van der Waals surface area contributed by atoms with Crippen LogP contribution in [0.2, 0.25) is 0 Å². The van der Waals surface area contributed by atoms with Gasteiger partial charge in [-0.25, -0.2) is 0 Å². The van der Waals surface area contributed by atoms with E-state index in [-0.39, 0.29) is 5.54 Å². The number of hydrogen-bond donors (Lipinski definition) is 1. The first-order valence-electron chi connectivity index (χ1n) is 7.29. The van der Waals surface area contributed by atoms with Crippen molar-refractivity contribution >= 4 is 0 Å². The van der Waals surface area contributed by atoms with E-state index >= 15 is 0 Å². The zero-order chi connectivity index (χ0) is 15.0. The number of nitrogens with one attached hydrogen (secondary N) is 1. The van der Waals surface area contributed by atoms with Gasteiger partial charge in [0.1, 0.15) is 0 Å². The first-order chi connectivity index (χ1) is 9.44. The Morgan fingerprint density at radius 2 is 2.10 bits per heavy atom. The fourth-order valence-electron chi connectivity index (χ4n) is 1.91. The molecule has 0 amide bonds. The highest BCUT2D eigenvalue weighted by molar-refractivity contribution is 5.14. The molecule has 3 nitrogen and oxygen atoms in total. The van der Waals surface area contributed by atoms with Crippen molar-refractivity contribution in [2.75, 3.05) is 13.1 Å². The molecule has 0 aliphatic rings. The van der Waals surface area contributed by atoms with Gasteiger partial charge in [-0.3, -0.25) is 9.88 Å². The Morgan fingerprint density at radius 1 is 1.35 bits per heavy atom. The van der Waals surface area contributed by atoms with Gasteiger partial charge in [0, 0.05) is 24.8 Å². The Labute approximate surface area is 123 Å². The van der Waals surface area contributed by atoms with Crippen molar-refractivity contribution in [2.45, 2.75) is 52.7 Å². The van der Waals surface area contributed by atoms with Crippen molar-refractivity contribution in [1.29, 1.82) is 0 Å². The maximum absolute atomic E-state index is 5.40. The van der Waals surface area contributed by atoms with E-state index in [1.54, 1.807) is 0 Å². The molecular formula is C17H27N3. The van der Waals surface area contributed by atoms with Crippen LogP contribution < -0.4 is 5.32 Å². The molecule has 3 heteroatoms. The fraction of sp³-hybridized carbons (Fsp3) is 0.588. The third kappa shape index (κ3) is 6.70. The van der Waals surface area contributed by atoms with Crippen LogP contribution in [0.3, 0.4) is 0 Å². The van der Waals surface area contributed by atoms with Gasteiger partial charge in [-0.2, -0.15) is 0 Å². The van der Waals surface area contributed by atoms with Crippen molar-refractivity contribution in [3.05, 3.63) is 29.6 Å². The van der Waals surface area contributed by atoms with Crippen LogP contribution in [0.15, 0.2) is 18.3 Å². The zero-order valence-corrected chi connectivity index (χ0v) is 13.2. The van der Waals surface area contributed by atoms with Crippen LogP contribution in [0.25, 0.3) is 0 Å². The highest BCUT2D eigenvalue weighted by Crippen LogP contribution is 2.07. The summed E-state index contributed by atoms with van der Waals surface area (Å²) in [7, 11) is 0. The highest BCUT2D eigenvalue weighted by atomic mass is 15.1. The molecule has 0 unspecified atom stereocenters. The summed E-state index contributed by atoms with van der Waals surface area (Å²) in [5.74, 6) is 2.71. The van der Waals surface area contributed by atoms with Crippen molar-refractivity contribution in [1.82, 2.24) is 15.2 Å². The van der Waals surface area contributed by atoms with Crippen LogP contribution in [-0.2, 0) is 13.1 Å². The smallest absolute Gasteiger partial charge is 0.0602 e. The minimum absolute atomic E-state index is 0.128. The van der Waals surface area contributed by atoms with Gasteiger partial charge in [0.25, 0.3) is 0 Å². The summed E-state index contributed by atoms with van der Waals surface area (Å²) in [6, 6.07) is 4.24. The second-order valence-corrected chi connectivity index (χ2v) is 6.18. The lowest BCUT2D eigenvalue weighted by Gasteiger charge is -2.21. The number of rotatable bonds is 7. The number of aromatic nitrogens is 1. The molecule has 0 aromatic carbocycles. The topological polar surface area (TPSA) is 28.2 Å². The van der Waals surface area contributed by atoms with Crippen LogP contribution in [0, 0.1) is 12.3 Å². The number of nitrogens with zero attached hydrogens (tertiary/aromatic N) is 2. The van der Waals surface area contributed by atoms with Crippen LogP contribution in [0.1, 0.15) is 45.4 Å². The van der Waals surface area contributed by atoms with E-state index in [9.17, 15) is 0 Å².